The van der Waals surface area contributed by atoms with Gasteiger partial charge in [0.15, 0.2) is 0 Å². The lowest BCUT2D eigenvalue weighted by Gasteiger charge is -2.34. The molecule has 1 aromatic heterocycles. The maximum Gasteiger partial charge on any atom is 0.271 e. The smallest absolute Gasteiger partial charge is 0.271 e. The summed E-state index contributed by atoms with van der Waals surface area (Å²) < 4.78 is 29.1. The van der Waals surface area contributed by atoms with Crippen molar-refractivity contribution in [2.24, 2.45) is 0 Å². The summed E-state index contributed by atoms with van der Waals surface area (Å²) in [6.07, 6.45) is 1.56. The first-order valence-corrected chi connectivity index (χ1v) is 12.1. The van der Waals surface area contributed by atoms with Crippen LogP contribution in [0.1, 0.15) is 0 Å². The number of hydrogen-bond donors (Lipinski definition) is 0. The van der Waals surface area contributed by atoms with Crippen molar-refractivity contribution in [1.82, 2.24) is 19.0 Å². The molecule has 10 nitrogen and oxygen atoms in total. The highest BCUT2D eigenvalue weighted by atomic mass is 32.2. The molecule has 1 amide bonds. The minimum atomic E-state index is -3.68. The topological polar surface area (TPSA) is 119 Å². The third-order valence-electron chi connectivity index (χ3n) is 6.07. The zero-order valence-corrected chi connectivity index (χ0v) is 18.9. The number of non-ortho nitro benzene ring substituents is 1. The van der Waals surface area contributed by atoms with E-state index in [2.05, 4.69) is 5.10 Å². The molecule has 0 atom stereocenters. The van der Waals surface area contributed by atoms with E-state index < -0.39 is 14.9 Å². The van der Waals surface area contributed by atoms with Gasteiger partial charge in [-0.05, 0) is 29.0 Å². The molecule has 4 aromatic rings. The predicted molar refractivity (Wildman–Crippen MR) is 126 cm³/mol. The molecule has 0 saturated carbocycles. The second-order valence-electron chi connectivity index (χ2n) is 8.10. The van der Waals surface area contributed by atoms with Crippen LogP contribution in [0.4, 0.5) is 5.69 Å². The van der Waals surface area contributed by atoms with E-state index in [9.17, 15) is 23.3 Å². The number of nitrogens with zero attached hydrogens (tertiary/aromatic N) is 5. The van der Waals surface area contributed by atoms with Gasteiger partial charge >= 0.3 is 0 Å². The van der Waals surface area contributed by atoms with Crippen LogP contribution in [-0.2, 0) is 21.4 Å². The first kappa shape index (κ1) is 22.0. The van der Waals surface area contributed by atoms with Gasteiger partial charge in [0.2, 0.25) is 15.9 Å². The summed E-state index contributed by atoms with van der Waals surface area (Å²) in [4.78, 5) is 25.3. The first-order valence-electron chi connectivity index (χ1n) is 10.7. The van der Waals surface area contributed by atoms with Crippen molar-refractivity contribution in [1.29, 1.82) is 0 Å². The van der Waals surface area contributed by atoms with E-state index in [4.69, 9.17) is 0 Å². The number of carbonyl (C=O) groups is 1. The Bertz CT molecular complexity index is 1520. The van der Waals surface area contributed by atoms with Crippen LogP contribution in [0.15, 0.2) is 71.8 Å². The molecule has 0 radical (unpaired) electrons. The van der Waals surface area contributed by atoms with E-state index >= 15 is 0 Å². The van der Waals surface area contributed by atoms with Crippen LogP contribution < -0.4 is 0 Å². The van der Waals surface area contributed by atoms with Gasteiger partial charge in [-0.25, -0.2) is 8.42 Å². The van der Waals surface area contributed by atoms with Gasteiger partial charge in [0.05, 0.1) is 21.5 Å². The molecule has 1 aliphatic rings. The normalized spacial score (nSPS) is 15.1. The van der Waals surface area contributed by atoms with Crippen molar-refractivity contribution in [2.75, 3.05) is 26.2 Å². The van der Waals surface area contributed by atoms with Crippen molar-refractivity contribution < 1.29 is 18.1 Å². The molecular formula is C23H21N5O5S. The number of rotatable bonds is 5. The molecule has 34 heavy (non-hydrogen) atoms. The molecule has 1 aliphatic heterocycles. The largest absolute Gasteiger partial charge is 0.338 e. The van der Waals surface area contributed by atoms with E-state index in [0.29, 0.717) is 10.9 Å². The standard InChI is InChI=1S/C23H21N5O5S/c29-23(16-27-22-14-20(28(30)31)7-5-19(22)15-24-27)25-9-11-26(12-10-25)34(32,33)21-8-6-17-3-1-2-4-18(17)13-21/h1-8,13-15H,9-12,16H2. The Morgan fingerprint density at radius 2 is 1.65 bits per heavy atom. The van der Waals surface area contributed by atoms with E-state index in [0.717, 1.165) is 10.8 Å². The van der Waals surface area contributed by atoms with Crippen molar-refractivity contribution in [3.05, 3.63) is 77.0 Å². The Balaban J connectivity index is 1.27. The second-order valence-corrected chi connectivity index (χ2v) is 10.0. The van der Waals surface area contributed by atoms with Crippen molar-refractivity contribution in [3.63, 3.8) is 0 Å². The summed E-state index contributed by atoms with van der Waals surface area (Å²) in [5.74, 6) is -0.223. The van der Waals surface area contributed by atoms with E-state index in [-0.39, 0.29) is 49.2 Å². The fourth-order valence-electron chi connectivity index (χ4n) is 4.18. The lowest BCUT2D eigenvalue weighted by molar-refractivity contribution is -0.384. The van der Waals surface area contributed by atoms with Crippen LogP contribution in [0.25, 0.3) is 21.7 Å². The number of sulfonamides is 1. The summed E-state index contributed by atoms with van der Waals surface area (Å²) >= 11 is 0. The average molecular weight is 480 g/mol. The van der Waals surface area contributed by atoms with Crippen molar-refractivity contribution >= 4 is 43.3 Å². The van der Waals surface area contributed by atoms with Gasteiger partial charge in [-0.15, -0.1) is 0 Å². The average Bonchev–Trinajstić information content (AvgIpc) is 3.25. The zero-order chi connectivity index (χ0) is 23.9. The molecule has 0 bridgehead atoms. The van der Waals surface area contributed by atoms with E-state index in [1.165, 1.54) is 21.1 Å². The van der Waals surface area contributed by atoms with Crippen LogP contribution in [-0.4, -0.2) is 64.4 Å². The number of fused-ring (bicyclic) bond motifs is 2. The molecule has 0 unspecified atom stereocenters. The third-order valence-corrected chi connectivity index (χ3v) is 7.97. The highest BCUT2D eigenvalue weighted by Gasteiger charge is 2.30. The Hall–Kier alpha value is -3.83. The highest BCUT2D eigenvalue weighted by Crippen LogP contribution is 2.24. The number of amides is 1. The SMILES string of the molecule is O=C(Cn1ncc2ccc([N+](=O)[O-])cc21)N1CCN(S(=O)(=O)c2ccc3ccccc3c2)CC1. The molecule has 11 heteroatoms. The summed E-state index contributed by atoms with van der Waals surface area (Å²) in [7, 11) is -3.68. The Morgan fingerprint density at radius 3 is 2.38 bits per heavy atom. The molecule has 0 aliphatic carbocycles. The van der Waals surface area contributed by atoms with Crippen LogP contribution in [0, 0.1) is 10.1 Å². The first-order chi connectivity index (χ1) is 16.3. The summed E-state index contributed by atoms with van der Waals surface area (Å²) in [5, 5.41) is 17.8. The van der Waals surface area contributed by atoms with Gasteiger partial charge in [-0.3, -0.25) is 19.6 Å². The number of piperazine rings is 1. The molecule has 5 rings (SSSR count). The number of hydrogen-bond acceptors (Lipinski definition) is 6. The van der Waals surface area contributed by atoms with Gasteiger partial charge in [0.1, 0.15) is 6.54 Å². The maximum absolute atomic E-state index is 13.2. The Labute approximate surface area is 195 Å². The summed E-state index contributed by atoms with van der Waals surface area (Å²) in [5.41, 5.74) is 0.425. The molecule has 174 valence electrons. The zero-order valence-electron chi connectivity index (χ0n) is 18.1. The molecule has 3 aromatic carbocycles. The van der Waals surface area contributed by atoms with Gasteiger partial charge in [0, 0.05) is 43.7 Å². The van der Waals surface area contributed by atoms with Crippen LogP contribution >= 0.6 is 0 Å². The highest BCUT2D eigenvalue weighted by molar-refractivity contribution is 7.89. The molecular weight excluding hydrogens is 458 g/mol. The monoisotopic (exact) mass is 479 g/mol. The quantitative estimate of drug-likeness (QED) is 0.321. The Morgan fingerprint density at radius 1 is 0.941 bits per heavy atom. The van der Waals surface area contributed by atoms with Gasteiger partial charge in [-0.2, -0.15) is 9.40 Å². The van der Waals surface area contributed by atoms with Crippen molar-refractivity contribution in [2.45, 2.75) is 11.4 Å². The van der Waals surface area contributed by atoms with E-state index in [1.807, 2.05) is 24.3 Å². The van der Waals surface area contributed by atoms with Crippen LogP contribution in [0.5, 0.6) is 0 Å². The lowest BCUT2D eigenvalue weighted by Crippen LogP contribution is -2.51. The van der Waals surface area contributed by atoms with Gasteiger partial charge < -0.3 is 4.90 Å². The number of nitro benzene ring substituents is 1. The van der Waals surface area contributed by atoms with E-state index in [1.54, 1.807) is 35.4 Å². The molecule has 0 spiro atoms. The molecule has 2 heterocycles. The molecule has 0 N–H and O–H groups in total. The fraction of sp³-hybridized carbons (Fsp3) is 0.217. The number of benzene rings is 3. The molecule has 1 fully saturated rings. The van der Waals surface area contributed by atoms with Crippen LogP contribution in [0.2, 0.25) is 0 Å². The lowest BCUT2D eigenvalue weighted by atomic mass is 10.1. The summed E-state index contributed by atoms with van der Waals surface area (Å²) in [6.45, 7) is 0.802. The molecule has 1 saturated heterocycles. The number of aromatic nitrogens is 2. The van der Waals surface area contributed by atoms with Crippen LogP contribution in [0.3, 0.4) is 0 Å². The van der Waals surface area contributed by atoms with Gasteiger partial charge in [-0.1, -0.05) is 30.3 Å². The third kappa shape index (κ3) is 3.99. The maximum atomic E-state index is 13.2. The predicted octanol–water partition coefficient (Wildman–Crippen LogP) is 2.63. The Kier molecular flexibility index (Phi) is 5.50. The van der Waals surface area contributed by atoms with Crippen molar-refractivity contribution in [3.8, 4) is 0 Å². The minimum Gasteiger partial charge on any atom is -0.338 e. The summed E-state index contributed by atoms with van der Waals surface area (Å²) in [6, 6.07) is 17.0. The minimum absolute atomic E-state index is 0.0748. The second kappa shape index (κ2) is 8.50. The number of carbonyl (C=O) groups excluding carboxylic acids is 1. The van der Waals surface area contributed by atoms with Gasteiger partial charge in [0.25, 0.3) is 5.69 Å². The number of nitro groups is 1. The fourth-order valence-corrected chi connectivity index (χ4v) is 5.64.